The minimum atomic E-state index is -3.34. The Hall–Kier alpha value is -3.86. The number of carbonyl (C=O) groups excluding carboxylic acids is 2. The van der Waals surface area contributed by atoms with Crippen molar-refractivity contribution in [3.8, 4) is 17.2 Å². The van der Waals surface area contributed by atoms with Crippen molar-refractivity contribution in [1.82, 2.24) is 9.97 Å². The summed E-state index contributed by atoms with van der Waals surface area (Å²) in [6.45, 7) is 1.52. The molecule has 0 spiro atoms. The summed E-state index contributed by atoms with van der Waals surface area (Å²) in [5, 5.41) is 2.69. The number of amides is 1. The first-order valence-electron chi connectivity index (χ1n) is 9.33. The predicted molar refractivity (Wildman–Crippen MR) is 115 cm³/mol. The molecule has 1 amide bonds. The van der Waals surface area contributed by atoms with Crippen LogP contribution in [0.15, 0.2) is 59.9 Å². The van der Waals surface area contributed by atoms with Crippen LogP contribution in [0.3, 0.4) is 0 Å². The number of ether oxygens (including phenoxy) is 3. The minimum Gasteiger partial charge on any atom is -0.479 e. The summed E-state index contributed by atoms with van der Waals surface area (Å²) < 4.78 is 39.4. The van der Waals surface area contributed by atoms with Crippen molar-refractivity contribution < 1.29 is 32.2 Å². The summed E-state index contributed by atoms with van der Waals surface area (Å²) in [4.78, 5) is 30.7. The van der Waals surface area contributed by atoms with E-state index in [4.69, 9.17) is 9.47 Å². The number of anilines is 1. The lowest BCUT2D eigenvalue weighted by Gasteiger charge is -2.16. The molecule has 0 aliphatic carbocycles. The van der Waals surface area contributed by atoms with Gasteiger partial charge in [-0.1, -0.05) is 0 Å². The summed E-state index contributed by atoms with van der Waals surface area (Å²) >= 11 is 0. The maximum absolute atomic E-state index is 12.4. The average Bonchev–Trinajstić information content (AvgIpc) is 3.28. The molecule has 11 heteroatoms. The SMILES string of the molecule is COC(=O)[C@H](C)Oc1cc(NC(=O)c2cnc[nH]2)cc(Oc2ccc(S(C)(=O)=O)cc2)c1. The second-order valence-corrected chi connectivity index (χ2v) is 8.76. The van der Waals surface area contributed by atoms with Gasteiger partial charge in [0.1, 0.15) is 22.9 Å². The van der Waals surface area contributed by atoms with E-state index in [9.17, 15) is 18.0 Å². The Balaban J connectivity index is 1.88. The van der Waals surface area contributed by atoms with E-state index in [1.807, 2.05) is 0 Å². The number of aromatic nitrogens is 2. The van der Waals surface area contributed by atoms with E-state index in [0.29, 0.717) is 11.4 Å². The Morgan fingerprint density at radius 3 is 2.34 bits per heavy atom. The molecule has 2 aromatic carbocycles. The monoisotopic (exact) mass is 459 g/mol. The number of hydrogen-bond acceptors (Lipinski definition) is 8. The number of imidazole rings is 1. The highest BCUT2D eigenvalue weighted by Gasteiger charge is 2.17. The Bertz CT molecular complexity index is 1210. The topological polar surface area (TPSA) is 137 Å². The van der Waals surface area contributed by atoms with E-state index in [-0.39, 0.29) is 22.1 Å². The number of methoxy groups -OCH3 is 1. The zero-order valence-electron chi connectivity index (χ0n) is 17.5. The van der Waals surface area contributed by atoms with Crippen molar-refractivity contribution in [1.29, 1.82) is 0 Å². The van der Waals surface area contributed by atoms with Crippen LogP contribution >= 0.6 is 0 Å². The van der Waals surface area contributed by atoms with Crippen molar-refractivity contribution in [2.24, 2.45) is 0 Å². The van der Waals surface area contributed by atoms with Crippen molar-refractivity contribution in [2.45, 2.75) is 17.9 Å². The molecule has 0 unspecified atom stereocenters. The van der Waals surface area contributed by atoms with Gasteiger partial charge in [-0.25, -0.2) is 18.2 Å². The molecule has 0 bridgehead atoms. The normalized spacial score (nSPS) is 12.0. The lowest BCUT2D eigenvalue weighted by Crippen LogP contribution is -2.25. The number of rotatable bonds is 8. The van der Waals surface area contributed by atoms with Crippen molar-refractivity contribution in [3.05, 3.63) is 60.7 Å². The molecular formula is C21H21N3O7S. The largest absolute Gasteiger partial charge is 0.479 e. The van der Waals surface area contributed by atoms with Crippen molar-refractivity contribution in [2.75, 3.05) is 18.7 Å². The smallest absolute Gasteiger partial charge is 0.346 e. The third kappa shape index (κ3) is 5.85. The van der Waals surface area contributed by atoms with Crippen LogP contribution in [-0.4, -0.2) is 49.7 Å². The van der Waals surface area contributed by atoms with Crippen LogP contribution in [0, 0.1) is 0 Å². The lowest BCUT2D eigenvalue weighted by atomic mass is 10.2. The Morgan fingerprint density at radius 1 is 1.06 bits per heavy atom. The number of nitrogens with one attached hydrogen (secondary N) is 2. The maximum atomic E-state index is 12.4. The molecule has 3 aromatic rings. The second kappa shape index (κ2) is 9.52. The third-order valence-electron chi connectivity index (χ3n) is 4.21. The van der Waals surface area contributed by atoms with E-state index >= 15 is 0 Å². The van der Waals surface area contributed by atoms with Crippen LogP contribution in [0.2, 0.25) is 0 Å². The summed E-state index contributed by atoms with van der Waals surface area (Å²) in [6, 6.07) is 10.4. The first-order valence-corrected chi connectivity index (χ1v) is 11.2. The molecule has 0 aliphatic heterocycles. The van der Waals surface area contributed by atoms with Gasteiger partial charge in [0, 0.05) is 30.1 Å². The first-order chi connectivity index (χ1) is 15.2. The summed E-state index contributed by atoms with van der Waals surface area (Å²) in [7, 11) is -2.09. The summed E-state index contributed by atoms with van der Waals surface area (Å²) in [5.41, 5.74) is 0.583. The molecular weight excluding hydrogens is 438 g/mol. The van der Waals surface area contributed by atoms with Crippen LogP contribution in [0.4, 0.5) is 5.69 Å². The lowest BCUT2D eigenvalue weighted by molar-refractivity contribution is -0.147. The van der Waals surface area contributed by atoms with Gasteiger partial charge in [0.15, 0.2) is 15.9 Å². The molecule has 0 saturated carbocycles. The number of sulfone groups is 1. The van der Waals surface area contributed by atoms with E-state index in [1.165, 1.54) is 63.0 Å². The Morgan fingerprint density at radius 2 is 1.75 bits per heavy atom. The van der Waals surface area contributed by atoms with Gasteiger partial charge in [-0.05, 0) is 31.2 Å². The number of hydrogen-bond donors (Lipinski definition) is 2. The van der Waals surface area contributed by atoms with Crippen molar-refractivity contribution in [3.63, 3.8) is 0 Å². The fourth-order valence-electron chi connectivity index (χ4n) is 2.66. The molecule has 0 aliphatic rings. The maximum Gasteiger partial charge on any atom is 0.346 e. The number of nitrogens with zero attached hydrogens (tertiary/aromatic N) is 1. The predicted octanol–water partition coefficient (Wildman–Crippen LogP) is 2.80. The van der Waals surface area contributed by atoms with Gasteiger partial charge < -0.3 is 24.5 Å². The van der Waals surface area contributed by atoms with Crippen LogP contribution in [-0.2, 0) is 19.4 Å². The number of carbonyl (C=O) groups is 2. The summed E-state index contributed by atoms with van der Waals surface area (Å²) in [5.74, 6) is -0.124. The van der Waals surface area contributed by atoms with Gasteiger partial charge in [-0.2, -0.15) is 0 Å². The number of esters is 1. The number of benzene rings is 2. The zero-order valence-corrected chi connectivity index (χ0v) is 18.3. The van der Waals surface area contributed by atoms with Gasteiger partial charge in [0.2, 0.25) is 0 Å². The molecule has 1 heterocycles. The number of aromatic amines is 1. The standard InChI is InChI=1S/C21H21N3O7S/c1-13(21(26)29-2)30-16-8-14(24-20(25)19-11-22-12-23-19)9-17(10-16)31-15-4-6-18(7-5-15)32(3,27)28/h4-13H,1-3H3,(H,22,23)(H,24,25)/t13-/m0/s1. The van der Waals surface area contributed by atoms with E-state index in [1.54, 1.807) is 6.07 Å². The Labute approximate surface area is 184 Å². The molecule has 0 saturated heterocycles. The van der Waals surface area contributed by atoms with Gasteiger partial charge >= 0.3 is 5.97 Å². The molecule has 1 atom stereocenters. The first kappa shape index (κ1) is 22.8. The minimum absolute atomic E-state index is 0.154. The van der Waals surface area contributed by atoms with E-state index in [2.05, 4.69) is 20.0 Å². The van der Waals surface area contributed by atoms with Crippen LogP contribution in [0.25, 0.3) is 0 Å². The number of H-pyrrole nitrogens is 1. The average molecular weight is 459 g/mol. The highest BCUT2D eigenvalue weighted by Crippen LogP contribution is 2.31. The molecule has 1 aromatic heterocycles. The Kier molecular flexibility index (Phi) is 6.79. The molecule has 10 nitrogen and oxygen atoms in total. The van der Waals surface area contributed by atoms with Crippen LogP contribution < -0.4 is 14.8 Å². The van der Waals surface area contributed by atoms with Gasteiger partial charge in [-0.15, -0.1) is 0 Å². The van der Waals surface area contributed by atoms with E-state index in [0.717, 1.165) is 6.26 Å². The quantitative estimate of drug-likeness (QED) is 0.491. The molecule has 0 fully saturated rings. The summed E-state index contributed by atoms with van der Waals surface area (Å²) in [6.07, 6.45) is 2.96. The van der Waals surface area contributed by atoms with Crippen LogP contribution in [0.5, 0.6) is 17.2 Å². The highest BCUT2D eigenvalue weighted by atomic mass is 32.2. The van der Waals surface area contributed by atoms with Gasteiger partial charge in [0.25, 0.3) is 5.91 Å². The van der Waals surface area contributed by atoms with E-state index < -0.39 is 27.8 Å². The highest BCUT2D eigenvalue weighted by molar-refractivity contribution is 7.90. The fourth-order valence-corrected chi connectivity index (χ4v) is 3.29. The molecule has 0 radical (unpaired) electrons. The molecule has 2 N–H and O–H groups in total. The molecule has 32 heavy (non-hydrogen) atoms. The molecule has 3 rings (SSSR count). The third-order valence-corrected chi connectivity index (χ3v) is 5.34. The molecule has 168 valence electrons. The fraction of sp³-hybridized carbons (Fsp3) is 0.190. The second-order valence-electron chi connectivity index (χ2n) is 6.74. The zero-order chi connectivity index (χ0) is 23.3. The van der Waals surface area contributed by atoms with Gasteiger partial charge in [-0.3, -0.25) is 4.79 Å². The van der Waals surface area contributed by atoms with Crippen molar-refractivity contribution >= 4 is 27.4 Å². The van der Waals surface area contributed by atoms with Crippen LogP contribution in [0.1, 0.15) is 17.4 Å². The van der Waals surface area contributed by atoms with Gasteiger partial charge in [0.05, 0.1) is 24.5 Å².